The van der Waals surface area contributed by atoms with Gasteiger partial charge in [-0.1, -0.05) is 23.7 Å². The highest BCUT2D eigenvalue weighted by atomic mass is 35.5. The van der Waals surface area contributed by atoms with Gasteiger partial charge in [-0.15, -0.1) is 0 Å². The SMILES string of the molecule is C[C@H](C#N)C[C@@H](NC(=O)c1ccccc1Cl)C(N)=O. The monoisotopic (exact) mass is 279 g/mol. The first-order valence-electron chi connectivity index (χ1n) is 5.70. The lowest BCUT2D eigenvalue weighted by Gasteiger charge is -2.16. The lowest BCUT2D eigenvalue weighted by Crippen LogP contribution is -2.45. The number of hydrogen-bond donors (Lipinski definition) is 2. The fourth-order valence-corrected chi connectivity index (χ4v) is 1.76. The van der Waals surface area contributed by atoms with Gasteiger partial charge in [0.25, 0.3) is 5.91 Å². The second-order valence-corrected chi connectivity index (χ2v) is 4.58. The Balaban J connectivity index is 2.81. The number of nitrogens with one attached hydrogen (secondary N) is 1. The van der Waals surface area contributed by atoms with Crippen LogP contribution in [0.4, 0.5) is 0 Å². The first kappa shape index (κ1) is 15.0. The molecular weight excluding hydrogens is 266 g/mol. The molecule has 0 bridgehead atoms. The van der Waals surface area contributed by atoms with Crippen molar-refractivity contribution in [1.82, 2.24) is 5.32 Å². The molecule has 0 saturated carbocycles. The van der Waals surface area contributed by atoms with Crippen molar-refractivity contribution < 1.29 is 9.59 Å². The number of hydrogen-bond acceptors (Lipinski definition) is 3. The molecule has 5 nitrogen and oxygen atoms in total. The van der Waals surface area contributed by atoms with Gasteiger partial charge in [0, 0.05) is 5.92 Å². The summed E-state index contributed by atoms with van der Waals surface area (Å²) in [5, 5.41) is 11.5. The Morgan fingerprint density at radius 1 is 1.47 bits per heavy atom. The standard InChI is InChI=1S/C13H14ClN3O2/c1-8(7-15)6-11(12(16)18)17-13(19)9-4-2-3-5-10(9)14/h2-5,8,11H,6H2,1H3,(H2,16,18)(H,17,19)/t8-,11+/m0/s1. The van der Waals surface area contributed by atoms with E-state index in [1.807, 2.05) is 6.07 Å². The maximum atomic E-state index is 12.0. The number of nitrogens with two attached hydrogens (primary N) is 1. The van der Waals surface area contributed by atoms with Gasteiger partial charge in [-0.2, -0.15) is 5.26 Å². The number of benzene rings is 1. The Labute approximate surface area is 116 Å². The molecule has 3 N–H and O–H groups in total. The van der Waals surface area contributed by atoms with Gasteiger partial charge < -0.3 is 11.1 Å². The third-order valence-corrected chi connectivity index (χ3v) is 2.91. The third-order valence-electron chi connectivity index (χ3n) is 2.58. The van der Waals surface area contributed by atoms with E-state index in [4.69, 9.17) is 22.6 Å². The van der Waals surface area contributed by atoms with Gasteiger partial charge in [0.05, 0.1) is 16.7 Å². The molecule has 0 aliphatic carbocycles. The van der Waals surface area contributed by atoms with Crippen LogP contribution in [0.15, 0.2) is 24.3 Å². The molecule has 0 aliphatic rings. The summed E-state index contributed by atoms with van der Waals surface area (Å²) in [7, 11) is 0. The van der Waals surface area contributed by atoms with Crippen molar-refractivity contribution in [3.63, 3.8) is 0 Å². The summed E-state index contributed by atoms with van der Waals surface area (Å²) >= 11 is 5.89. The molecule has 0 unspecified atom stereocenters. The number of nitrogens with zero attached hydrogens (tertiary/aromatic N) is 1. The molecule has 0 aromatic heterocycles. The predicted molar refractivity (Wildman–Crippen MR) is 71.3 cm³/mol. The van der Waals surface area contributed by atoms with Crippen LogP contribution in [0.2, 0.25) is 5.02 Å². The molecule has 1 aromatic carbocycles. The van der Waals surface area contributed by atoms with Crippen LogP contribution in [-0.4, -0.2) is 17.9 Å². The third kappa shape index (κ3) is 4.27. The number of carbonyl (C=O) groups excluding carboxylic acids is 2. The molecule has 2 amide bonds. The number of carbonyl (C=O) groups is 2. The average Bonchev–Trinajstić information content (AvgIpc) is 2.37. The molecule has 0 heterocycles. The fourth-order valence-electron chi connectivity index (χ4n) is 1.53. The zero-order valence-electron chi connectivity index (χ0n) is 10.4. The van der Waals surface area contributed by atoms with Crippen molar-refractivity contribution in [3.8, 4) is 6.07 Å². The lowest BCUT2D eigenvalue weighted by atomic mass is 10.0. The summed E-state index contributed by atoms with van der Waals surface area (Å²) in [6.07, 6.45) is 0.169. The Kier molecular flexibility index (Phi) is 5.34. The maximum Gasteiger partial charge on any atom is 0.253 e. The number of primary amides is 1. The molecule has 100 valence electrons. The second kappa shape index (κ2) is 6.76. The lowest BCUT2D eigenvalue weighted by molar-refractivity contribution is -0.120. The van der Waals surface area contributed by atoms with E-state index >= 15 is 0 Å². The summed E-state index contributed by atoms with van der Waals surface area (Å²) in [5.41, 5.74) is 5.47. The van der Waals surface area contributed by atoms with Crippen molar-refractivity contribution in [2.75, 3.05) is 0 Å². The van der Waals surface area contributed by atoms with Gasteiger partial charge in [0.2, 0.25) is 5.91 Å². The van der Waals surface area contributed by atoms with Crippen LogP contribution in [-0.2, 0) is 4.79 Å². The van der Waals surface area contributed by atoms with E-state index in [0.717, 1.165) is 0 Å². The van der Waals surface area contributed by atoms with Gasteiger partial charge in [0.1, 0.15) is 6.04 Å². The Hall–Kier alpha value is -2.06. The largest absolute Gasteiger partial charge is 0.368 e. The Morgan fingerprint density at radius 3 is 2.63 bits per heavy atom. The van der Waals surface area contributed by atoms with Gasteiger partial charge >= 0.3 is 0 Å². The Morgan fingerprint density at radius 2 is 2.11 bits per heavy atom. The summed E-state index contributed by atoms with van der Waals surface area (Å²) in [6, 6.07) is 7.58. The highest BCUT2D eigenvalue weighted by molar-refractivity contribution is 6.33. The number of halogens is 1. The van der Waals surface area contributed by atoms with Gasteiger partial charge in [-0.3, -0.25) is 9.59 Å². The van der Waals surface area contributed by atoms with Crippen LogP contribution in [0.5, 0.6) is 0 Å². The first-order valence-corrected chi connectivity index (χ1v) is 6.07. The van der Waals surface area contributed by atoms with E-state index < -0.39 is 17.9 Å². The van der Waals surface area contributed by atoms with E-state index in [1.165, 1.54) is 0 Å². The molecule has 0 radical (unpaired) electrons. The normalized spacial score (nSPS) is 13.1. The quantitative estimate of drug-likeness (QED) is 0.854. The molecule has 2 atom stereocenters. The molecule has 19 heavy (non-hydrogen) atoms. The van der Waals surface area contributed by atoms with Crippen molar-refractivity contribution in [2.24, 2.45) is 11.7 Å². The topological polar surface area (TPSA) is 96.0 Å². The van der Waals surface area contributed by atoms with E-state index in [9.17, 15) is 9.59 Å². The minimum absolute atomic E-state index is 0.169. The molecular formula is C13H14ClN3O2. The van der Waals surface area contributed by atoms with Gasteiger partial charge in [-0.25, -0.2) is 0 Å². The maximum absolute atomic E-state index is 12.0. The van der Waals surface area contributed by atoms with Crippen LogP contribution >= 0.6 is 11.6 Å². The van der Waals surface area contributed by atoms with Crippen molar-refractivity contribution in [3.05, 3.63) is 34.9 Å². The number of rotatable bonds is 5. The summed E-state index contributed by atoms with van der Waals surface area (Å²) in [6.45, 7) is 1.65. The highest BCUT2D eigenvalue weighted by Gasteiger charge is 2.22. The molecule has 6 heteroatoms. The smallest absolute Gasteiger partial charge is 0.253 e. The molecule has 1 rings (SSSR count). The molecule has 0 fully saturated rings. The van der Waals surface area contributed by atoms with E-state index in [1.54, 1.807) is 31.2 Å². The summed E-state index contributed by atoms with van der Waals surface area (Å²) < 4.78 is 0. The Bertz CT molecular complexity index is 525. The summed E-state index contributed by atoms with van der Waals surface area (Å²) in [5.74, 6) is -1.55. The molecule has 1 aromatic rings. The molecule has 0 aliphatic heterocycles. The van der Waals surface area contributed by atoms with Gasteiger partial charge in [0.15, 0.2) is 0 Å². The molecule has 0 saturated heterocycles. The van der Waals surface area contributed by atoms with Gasteiger partial charge in [-0.05, 0) is 25.5 Å². The molecule has 0 spiro atoms. The van der Waals surface area contributed by atoms with Crippen LogP contribution in [0.25, 0.3) is 0 Å². The van der Waals surface area contributed by atoms with Crippen LogP contribution < -0.4 is 11.1 Å². The minimum Gasteiger partial charge on any atom is -0.368 e. The van der Waals surface area contributed by atoms with Crippen molar-refractivity contribution >= 4 is 23.4 Å². The van der Waals surface area contributed by atoms with Crippen molar-refractivity contribution in [1.29, 1.82) is 5.26 Å². The predicted octanol–water partition coefficient (Wildman–Crippen LogP) is 1.47. The van der Waals surface area contributed by atoms with Crippen LogP contribution in [0.1, 0.15) is 23.7 Å². The summed E-state index contributed by atoms with van der Waals surface area (Å²) in [4.78, 5) is 23.2. The van der Waals surface area contributed by atoms with E-state index in [0.29, 0.717) is 0 Å². The van der Waals surface area contributed by atoms with Crippen LogP contribution in [0, 0.1) is 17.2 Å². The zero-order valence-corrected chi connectivity index (χ0v) is 11.1. The van der Waals surface area contributed by atoms with E-state index in [2.05, 4.69) is 5.32 Å². The number of nitriles is 1. The van der Waals surface area contributed by atoms with Crippen LogP contribution in [0.3, 0.4) is 0 Å². The first-order chi connectivity index (χ1) is 8.95. The minimum atomic E-state index is -0.890. The van der Waals surface area contributed by atoms with Crippen molar-refractivity contribution in [2.45, 2.75) is 19.4 Å². The zero-order chi connectivity index (χ0) is 14.4. The number of amides is 2. The fraction of sp³-hybridized carbons (Fsp3) is 0.308. The second-order valence-electron chi connectivity index (χ2n) is 4.17. The highest BCUT2D eigenvalue weighted by Crippen LogP contribution is 2.15. The average molecular weight is 280 g/mol. The van der Waals surface area contributed by atoms with E-state index in [-0.39, 0.29) is 22.9 Å².